The lowest BCUT2D eigenvalue weighted by molar-refractivity contribution is -0.129. The number of hydrogen-bond donors (Lipinski definition) is 1. The number of hydrogen-bond acceptors (Lipinski definition) is 4. The summed E-state index contributed by atoms with van der Waals surface area (Å²) in [5.41, 5.74) is 3.84. The number of amides is 1. The predicted octanol–water partition coefficient (Wildman–Crippen LogP) is 7.31. The molecule has 1 saturated heterocycles. The van der Waals surface area contributed by atoms with Gasteiger partial charge >= 0.3 is 0 Å². The fourth-order valence-electron chi connectivity index (χ4n) is 5.49. The fourth-order valence-corrected chi connectivity index (χ4v) is 6.93. The Bertz CT molecular complexity index is 1880. The lowest BCUT2D eigenvalue weighted by Crippen LogP contribution is -2.36. The van der Waals surface area contributed by atoms with Gasteiger partial charge in [-0.2, -0.15) is 0 Å². The van der Waals surface area contributed by atoms with Crippen LogP contribution in [0.2, 0.25) is 0 Å². The SMILES string of the molecule is O=C(Nc1cccc(F)c1CC=C1CN1S(=O)(=O)c1ccccc1)C(OCc1ccccc1)C(c1ccccc1)c1ccccc1. The summed E-state index contributed by atoms with van der Waals surface area (Å²) in [5, 5.41) is 2.95. The molecule has 1 atom stereocenters. The van der Waals surface area contributed by atoms with Gasteiger partial charge < -0.3 is 10.1 Å². The van der Waals surface area contributed by atoms with Crippen LogP contribution in [0.15, 0.2) is 156 Å². The minimum atomic E-state index is -3.68. The molecule has 0 spiro atoms. The zero-order valence-corrected chi connectivity index (χ0v) is 25.8. The van der Waals surface area contributed by atoms with E-state index in [1.165, 1.54) is 16.4 Å². The number of nitrogens with one attached hydrogen (secondary N) is 1. The van der Waals surface area contributed by atoms with Gasteiger partial charge in [0.05, 0.1) is 18.0 Å². The van der Waals surface area contributed by atoms with Crippen LogP contribution in [0.5, 0.6) is 0 Å². The summed E-state index contributed by atoms with van der Waals surface area (Å²) in [5.74, 6) is -1.38. The van der Waals surface area contributed by atoms with E-state index in [0.29, 0.717) is 11.4 Å². The zero-order valence-electron chi connectivity index (χ0n) is 25.0. The number of rotatable bonds is 12. The molecule has 6 nitrogen and oxygen atoms in total. The van der Waals surface area contributed by atoms with Crippen LogP contribution in [0.3, 0.4) is 0 Å². The van der Waals surface area contributed by atoms with Crippen molar-refractivity contribution in [3.63, 3.8) is 0 Å². The van der Waals surface area contributed by atoms with Crippen LogP contribution in [0.25, 0.3) is 0 Å². The molecule has 0 aromatic heterocycles. The first kappa shape index (κ1) is 31.0. The van der Waals surface area contributed by atoms with E-state index in [4.69, 9.17) is 4.74 Å². The number of nitrogens with zero attached hydrogens (tertiary/aromatic N) is 1. The van der Waals surface area contributed by atoms with E-state index < -0.39 is 33.8 Å². The van der Waals surface area contributed by atoms with Crippen LogP contribution in [0.1, 0.15) is 28.2 Å². The van der Waals surface area contributed by atoms with E-state index in [1.807, 2.05) is 91.0 Å². The molecule has 0 saturated carbocycles. The van der Waals surface area contributed by atoms with E-state index in [2.05, 4.69) is 5.32 Å². The van der Waals surface area contributed by atoms with Gasteiger partial charge in [0.1, 0.15) is 11.9 Å². The minimum Gasteiger partial charge on any atom is -0.363 e. The molecule has 1 aliphatic heterocycles. The maximum absolute atomic E-state index is 15.3. The van der Waals surface area contributed by atoms with E-state index in [-0.39, 0.29) is 30.0 Å². The topological polar surface area (TPSA) is 75.5 Å². The van der Waals surface area contributed by atoms with E-state index in [9.17, 15) is 13.2 Å². The van der Waals surface area contributed by atoms with E-state index >= 15 is 4.39 Å². The Hall–Kier alpha value is -5.05. The number of anilines is 1. The first-order valence-corrected chi connectivity index (χ1v) is 16.5. The van der Waals surface area contributed by atoms with Gasteiger partial charge in [0.15, 0.2) is 0 Å². The number of benzene rings is 5. The van der Waals surface area contributed by atoms with Gasteiger partial charge in [-0.05, 0) is 47.4 Å². The third-order valence-electron chi connectivity index (χ3n) is 7.92. The third-order valence-corrected chi connectivity index (χ3v) is 9.73. The zero-order chi connectivity index (χ0) is 31.9. The van der Waals surface area contributed by atoms with Crippen molar-refractivity contribution in [1.82, 2.24) is 4.31 Å². The predicted molar refractivity (Wildman–Crippen MR) is 177 cm³/mol. The van der Waals surface area contributed by atoms with Crippen molar-refractivity contribution in [2.45, 2.75) is 29.9 Å². The highest BCUT2D eigenvalue weighted by atomic mass is 32.2. The van der Waals surface area contributed by atoms with Gasteiger partial charge in [-0.25, -0.2) is 12.8 Å². The molecule has 46 heavy (non-hydrogen) atoms. The average molecular weight is 633 g/mol. The Morgan fingerprint density at radius 3 is 1.96 bits per heavy atom. The summed E-state index contributed by atoms with van der Waals surface area (Å²) < 4.78 is 48.9. The second-order valence-corrected chi connectivity index (χ2v) is 12.9. The summed E-state index contributed by atoms with van der Waals surface area (Å²) in [4.78, 5) is 14.4. The Morgan fingerprint density at radius 2 is 1.35 bits per heavy atom. The standard InChI is InChI=1S/C38H33FN2O4S/c39-34-22-13-23-35(33(34)25-24-31-26-41(31)46(43,44)32-20-11-4-12-21-32)40-38(42)37(45-27-28-14-5-1-6-15-28)36(29-16-7-2-8-17-29)30-18-9-3-10-19-30/h1-24,36-37H,25-27H2,(H,40,42). The molecule has 1 aliphatic rings. The van der Waals surface area contributed by atoms with E-state index in [1.54, 1.807) is 42.5 Å². The van der Waals surface area contributed by atoms with Crippen LogP contribution in [0.4, 0.5) is 10.1 Å². The number of sulfonamides is 1. The molecule has 0 radical (unpaired) electrons. The van der Waals surface area contributed by atoms with Gasteiger partial charge in [-0.3, -0.25) is 9.10 Å². The van der Waals surface area contributed by atoms with Crippen LogP contribution in [0, 0.1) is 5.82 Å². The maximum Gasteiger partial charge on any atom is 0.264 e. The molecule has 0 bridgehead atoms. The van der Waals surface area contributed by atoms with Gasteiger partial charge in [0.2, 0.25) is 0 Å². The third kappa shape index (κ3) is 7.09. The van der Waals surface area contributed by atoms with Crippen molar-refractivity contribution in [3.8, 4) is 0 Å². The Balaban J connectivity index is 1.28. The largest absolute Gasteiger partial charge is 0.363 e. The van der Waals surface area contributed by atoms with Gasteiger partial charge in [0.25, 0.3) is 15.9 Å². The number of carbonyl (C=O) groups is 1. The molecular weight excluding hydrogens is 599 g/mol. The second kappa shape index (κ2) is 13.9. The van der Waals surface area contributed by atoms with Crippen molar-refractivity contribution >= 4 is 21.6 Å². The number of halogens is 1. The summed E-state index contributed by atoms with van der Waals surface area (Å²) in [7, 11) is -3.68. The molecule has 0 aliphatic carbocycles. The van der Waals surface area contributed by atoms with Crippen LogP contribution in [-0.4, -0.2) is 31.3 Å². The molecule has 232 valence electrons. The van der Waals surface area contributed by atoms with Crippen molar-refractivity contribution in [1.29, 1.82) is 0 Å². The Labute approximate surface area is 268 Å². The molecule has 8 heteroatoms. The normalized spacial score (nSPS) is 14.3. The lowest BCUT2D eigenvalue weighted by atomic mass is 9.86. The molecule has 1 unspecified atom stereocenters. The minimum absolute atomic E-state index is 0.0920. The van der Waals surface area contributed by atoms with E-state index in [0.717, 1.165) is 16.7 Å². The quantitative estimate of drug-likeness (QED) is 0.146. The van der Waals surface area contributed by atoms with Crippen LogP contribution < -0.4 is 5.32 Å². The second-order valence-electron chi connectivity index (χ2n) is 11.0. The molecule has 5 aromatic rings. The summed E-state index contributed by atoms with van der Waals surface area (Å²) in [6.07, 6.45) is 0.818. The number of allylic oxidation sites excluding steroid dienone is 1. The number of carbonyl (C=O) groups excluding carboxylic acids is 1. The first-order chi connectivity index (χ1) is 22.4. The monoisotopic (exact) mass is 632 g/mol. The van der Waals surface area contributed by atoms with Gasteiger partial charge in [0, 0.05) is 22.9 Å². The highest BCUT2D eigenvalue weighted by molar-refractivity contribution is 7.89. The molecule has 6 rings (SSSR count). The molecular formula is C38H33FN2O4S. The molecule has 1 fully saturated rings. The van der Waals surface area contributed by atoms with Crippen molar-refractivity contribution in [2.24, 2.45) is 0 Å². The van der Waals surface area contributed by atoms with Crippen LogP contribution in [-0.2, 0) is 32.6 Å². The Kier molecular flexibility index (Phi) is 9.38. The summed E-state index contributed by atoms with van der Waals surface area (Å²) in [6, 6.07) is 41.7. The highest BCUT2D eigenvalue weighted by Crippen LogP contribution is 2.34. The van der Waals surface area contributed by atoms with Gasteiger partial charge in [-0.1, -0.05) is 121 Å². The fraction of sp³-hybridized carbons (Fsp3) is 0.132. The lowest BCUT2D eigenvalue weighted by Gasteiger charge is -2.28. The van der Waals surface area contributed by atoms with Crippen molar-refractivity contribution in [2.75, 3.05) is 11.9 Å². The molecule has 5 aromatic carbocycles. The highest BCUT2D eigenvalue weighted by Gasteiger charge is 2.38. The first-order valence-electron chi connectivity index (χ1n) is 15.0. The summed E-state index contributed by atoms with van der Waals surface area (Å²) in [6.45, 7) is 0.432. The average Bonchev–Trinajstić information content (AvgIpc) is 3.89. The molecule has 1 amide bonds. The van der Waals surface area contributed by atoms with Crippen molar-refractivity contribution < 1.29 is 22.3 Å². The van der Waals surface area contributed by atoms with Gasteiger partial charge in [-0.15, -0.1) is 0 Å². The van der Waals surface area contributed by atoms with Crippen LogP contribution >= 0.6 is 0 Å². The summed E-state index contributed by atoms with van der Waals surface area (Å²) >= 11 is 0. The maximum atomic E-state index is 15.3. The molecule has 1 N–H and O–H groups in total. The van der Waals surface area contributed by atoms with Crippen molar-refractivity contribution in [3.05, 3.63) is 179 Å². The Morgan fingerprint density at radius 1 is 0.783 bits per heavy atom. The smallest absolute Gasteiger partial charge is 0.264 e. The number of ether oxygens (including phenoxy) is 1. The molecule has 1 heterocycles.